The zero-order valence-electron chi connectivity index (χ0n) is 29.3. The van der Waals surface area contributed by atoms with Crippen molar-refractivity contribution in [2.45, 2.75) is 51.2 Å². The van der Waals surface area contributed by atoms with Crippen LogP contribution in [0.1, 0.15) is 98.3 Å². The fourth-order valence-electron chi connectivity index (χ4n) is 7.21. The summed E-state index contributed by atoms with van der Waals surface area (Å²) in [6, 6.07) is 30.6. The van der Waals surface area contributed by atoms with Crippen LogP contribution < -0.4 is 25.8 Å². The highest BCUT2D eigenvalue weighted by molar-refractivity contribution is 6.35. The molecule has 4 N–H and O–H groups in total. The number of hydrogen-bond acceptors (Lipinski definition) is 8. The summed E-state index contributed by atoms with van der Waals surface area (Å²) in [6.45, 7) is 9.33. The van der Waals surface area contributed by atoms with Crippen LogP contribution in [0.5, 0.6) is 23.0 Å². The van der Waals surface area contributed by atoms with Crippen molar-refractivity contribution in [3.8, 4) is 23.0 Å². The van der Waals surface area contributed by atoms with Gasteiger partial charge in [0.05, 0.1) is 39.1 Å². The largest absolute Gasteiger partial charge is 0.457 e. The van der Waals surface area contributed by atoms with Crippen molar-refractivity contribution in [3.05, 3.63) is 148 Å². The van der Waals surface area contributed by atoms with Crippen molar-refractivity contribution in [1.29, 1.82) is 0 Å². The van der Waals surface area contributed by atoms with Crippen molar-refractivity contribution in [3.63, 3.8) is 0 Å². The van der Waals surface area contributed by atoms with E-state index < -0.39 is 28.9 Å². The third kappa shape index (κ3) is 5.10. The minimum atomic E-state index is -1.13. The van der Waals surface area contributed by atoms with Gasteiger partial charge in [0, 0.05) is 11.0 Å². The summed E-state index contributed by atoms with van der Waals surface area (Å²) in [5.74, 6) is 0.380. The number of benzene rings is 5. The Morgan fingerprint density at radius 3 is 1.54 bits per heavy atom. The number of carbonyl (C=O) groups excluding carboxylic acids is 4. The van der Waals surface area contributed by atoms with Gasteiger partial charge in [-0.3, -0.25) is 24.1 Å². The van der Waals surface area contributed by atoms with Crippen LogP contribution in [-0.2, 0) is 11.0 Å². The number of carbonyl (C=O) groups is 4. The number of nitrogens with two attached hydrogens (primary N) is 2. The van der Waals surface area contributed by atoms with E-state index in [0.717, 1.165) is 27.2 Å². The van der Waals surface area contributed by atoms with Crippen molar-refractivity contribution >= 4 is 29.3 Å². The standard InChI is InChI=1S/C42H36N4O6/c1-40(2,24-11-15-26(16-12-24)52-28-18-20-30-32(22-28)39(50)46(38(30)49)41(3,4)43)23-9-13-25(14-10-23)51-27-17-19-29-31(21-27)37(48)45(36(29)47)34-8-6-7-33-35(34)42(33,5)44/h6-22H,43-44H2,1-5H3. The number of anilines is 1. The van der Waals surface area contributed by atoms with Gasteiger partial charge in [0.1, 0.15) is 23.0 Å². The molecule has 0 spiro atoms. The molecule has 2 heterocycles. The quantitative estimate of drug-likeness (QED) is 0.162. The van der Waals surface area contributed by atoms with E-state index in [-0.39, 0.29) is 22.4 Å². The molecule has 0 bridgehead atoms. The fraction of sp³-hybridized carbons (Fsp3) is 0.190. The number of rotatable bonds is 8. The summed E-state index contributed by atoms with van der Waals surface area (Å²) in [5.41, 5.74) is 15.8. The molecular formula is C42H36N4O6. The molecule has 2 aliphatic heterocycles. The van der Waals surface area contributed by atoms with Gasteiger partial charge in [0.15, 0.2) is 0 Å². The lowest BCUT2D eigenvalue weighted by Crippen LogP contribution is -2.53. The van der Waals surface area contributed by atoms with Crippen molar-refractivity contribution in [1.82, 2.24) is 4.90 Å². The fourth-order valence-corrected chi connectivity index (χ4v) is 7.21. The smallest absolute Gasteiger partial charge is 0.266 e. The van der Waals surface area contributed by atoms with E-state index in [1.807, 2.05) is 67.6 Å². The Bertz CT molecular complexity index is 2370. The monoisotopic (exact) mass is 692 g/mol. The molecule has 4 amide bonds. The van der Waals surface area contributed by atoms with Crippen molar-refractivity contribution in [2.75, 3.05) is 4.90 Å². The van der Waals surface area contributed by atoms with Crippen LogP contribution in [0.25, 0.3) is 0 Å². The molecule has 5 aromatic rings. The maximum Gasteiger partial charge on any atom is 0.266 e. The first kappa shape index (κ1) is 33.1. The second kappa shape index (κ2) is 11.2. The lowest BCUT2D eigenvalue weighted by Gasteiger charge is -2.29. The second-order valence-electron chi connectivity index (χ2n) is 14.7. The molecular weight excluding hydrogens is 656 g/mol. The van der Waals surface area contributed by atoms with Gasteiger partial charge < -0.3 is 20.9 Å². The number of amides is 4. The number of ether oxygens (including phenoxy) is 2. The Hall–Kier alpha value is -6.10. The SMILES string of the molecule is CC(C)(c1ccc(Oc2ccc3c(c2)C(=O)N(c2cccc4c2C4(C)N)C3=O)cc1)c1ccc(Oc2ccc3c(c2)C(=O)N(C(C)(C)N)C3=O)cc1. The van der Waals surface area contributed by atoms with Gasteiger partial charge in [-0.15, -0.1) is 0 Å². The lowest BCUT2D eigenvalue weighted by atomic mass is 9.78. The lowest BCUT2D eigenvalue weighted by molar-refractivity contribution is 0.0490. The summed E-state index contributed by atoms with van der Waals surface area (Å²) < 4.78 is 12.2. The Morgan fingerprint density at radius 2 is 1.02 bits per heavy atom. The number of nitrogens with zero attached hydrogens (tertiary/aromatic N) is 2. The molecule has 0 radical (unpaired) electrons. The molecule has 52 heavy (non-hydrogen) atoms. The van der Waals surface area contributed by atoms with E-state index in [0.29, 0.717) is 39.8 Å². The molecule has 10 heteroatoms. The van der Waals surface area contributed by atoms with Crippen LogP contribution in [0, 0.1) is 0 Å². The molecule has 0 fully saturated rings. The Kier molecular flexibility index (Phi) is 7.12. The summed E-state index contributed by atoms with van der Waals surface area (Å²) in [7, 11) is 0. The first-order valence-electron chi connectivity index (χ1n) is 16.9. The van der Waals surface area contributed by atoms with Crippen LogP contribution in [-0.4, -0.2) is 34.2 Å². The van der Waals surface area contributed by atoms with Gasteiger partial charge in [0.2, 0.25) is 0 Å². The zero-order valence-corrected chi connectivity index (χ0v) is 29.3. The highest BCUT2D eigenvalue weighted by Crippen LogP contribution is 2.51. The Labute approximate surface area is 300 Å². The highest BCUT2D eigenvalue weighted by Gasteiger charge is 2.49. The van der Waals surface area contributed by atoms with Crippen LogP contribution in [0.3, 0.4) is 0 Å². The molecule has 0 aromatic heterocycles. The zero-order chi connectivity index (χ0) is 36.9. The molecule has 8 rings (SSSR count). The molecule has 1 atom stereocenters. The molecule has 3 aliphatic rings. The summed E-state index contributed by atoms with van der Waals surface area (Å²) >= 11 is 0. The minimum Gasteiger partial charge on any atom is -0.457 e. The third-order valence-corrected chi connectivity index (χ3v) is 10.2. The number of hydrogen-bond donors (Lipinski definition) is 2. The second-order valence-corrected chi connectivity index (χ2v) is 14.7. The number of fused-ring (bicyclic) bond motifs is 3. The van der Waals surface area contributed by atoms with E-state index in [9.17, 15) is 19.2 Å². The Morgan fingerprint density at radius 1 is 0.577 bits per heavy atom. The van der Waals surface area contributed by atoms with Crippen molar-refractivity contribution < 1.29 is 28.7 Å². The topological polar surface area (TPSA) is 145 Å². The third-order valence-electron chi connectivity index (χ3n) is 10.2. The van der Waals surface area contributed by atoms with Crippen LogP contribution in [0.15, 0.2) is 103 Å². The predicted molar refractivity (Wildman–Crippen MR) is 195 cm³/mol. The summed E-state index contributed by atoms with van der Waals surface area (Å²) in [5, 5.41) is 0. The average molecular weight is 693 g/mol. The molecule has 1 unspecified atom stereocenters. The molecule has 260 valence electrons. The van der Waals surface area contributed by atoms with Crippen LogP contribution >= 0.6 is 0 Å². The van der Waals surface area contributed by atoms with Gasteiger partial charge in [-0.25, -0.2) is 4.90 Å². The molecule has 5 aromatic carbocycles. The summed E-state index contributed by atoms with van der Waals surface area (Å²) in [4.78, 5) is 54.7. The molecule has 10 nitrogen and oxygen atoms in total. The number of imide groups is 2. The van der Waals surface area contributed by atoms with Crippen LogP contribution in [0.2, 0.25) is 0 Å². The van der Waals surface area contributed by atoms with Gasteiger partial charge in [0.25, 0.3) is 23.6 Å². The first-order valence-corrected chi connectivity index (χ1v) is 16.9. The highest BCUT2D eigenvalue weighted by atomic mass is 16.5. The van der Waals surface area contributed by atoms with E-state index in [4.69, 9.17) is 20.9 Å². The minimum absolute atomic E-state index is 0.262. The average Bonchev–Trinajstić information content (AvgIpc) is 3.45. The predicted octanol–water partition coefficient (Wildman–Crippen LogP) is 7.22. The first-order chi connectivity index (χ1) is 24.6. The molecule has 0 saturated heterocycles. The maximum absolute atomic E-state index is 13.5. The molecule has 0 saturated carbocycles. The summed E-state index contributed by atoms with van der Waals surface area (Å²) in [6.07, 6.45) is 0. The van der Waals surface area contributed by atoms with E-state index in [1.165, 1.54) is 4.90 Å². The van der Waals surface area contributed by atoms with E-state index >= 15 is 0 Å². The Balaban J connectivity index is 0.946. The van der Waals surface area contributed by atoms with E-state index in [1.54, 1.807) is 56.3 Å². The van der Waals surface area contributed by atoms with E-state index in [2.05, 4.69) is 13.8 Å². The molecule has 1 aliphatic carbocycles. The maximum atomic E-state index is 13.5. The van der Waals surface area contributed by atoms with Gasteiger partial charge in [-0.05, 0) is 104 Å². The van der Waals surface area contributed by atoms with Gasteiger partial charge in [-0.1, -0.05) is 50.2 Å². The van der Waals surface area contributed by atoms with Gasteiger partial charge >= 0.3 is 0 Å². The van der Waals surface area contributed by atoms with Crippen LogP contribution in [0.4, 0.5) is 5.69 Å². The van der Waals surface area contributed by atoms with Gasteiger partial charge in [-0.2, -0.15) is 0 Å². The normalized spacial score (nSPS) is 17.7. The van der Waals surface area contributed by atoms with Crippen molar-refractivity contribution in [2.24, 2.45) is 11.5 Å².